The van der Waals surface area contributed by atoms with Gasteiger partial charge in [-0.05, 0) is 63.2 Å². The van der Waals surface area contributed by atoms with Crippen molar-refractivity contribution >= 4 is 5.96 Å². The first-order valence-corrected chi connectivity index (χ1v) is 9.31. The molecule has 136 valence electrons. The van der Waals surface area contributed by atoms with E-state index >= 15 is 0 Å². The molecule has 6 nitrogen and oxygen atoms in total. The maximum absolute atomic E-state index is 4.30. The first kappa shape index (κ1) is 18.8. The maximum atomic E-state index is 4.30. The SMILES string of the molecule is CN=C(NCCCc1cnn(C)c1)NCCCN1CCC(C)CC1. The van der Waals surface area contributed by atoms with Gasteiger partial charge in [0.1, 0.15) is 0 Å². The number of nitrogens with zero attached hydrogens (tertiary/aromatic N) is 4. The number of aromatic nitrogens is 2. The van der Waals surface area contributed by atoms with Crippen LogP contribution in [0.2, 0.25) is 0 Å². The first-order valence-electron chi connectivity index (χ1n) is 9.31. The Balaban J connectivity index is 1.51. The van der Waals surface area contributed by atoms with Crippen LogP contribution in [0.1, 0.15) is 38.2 Å². The lowest BCUT2D eigenvalue weighted by molar-refractivity contribution is 0.191. The Labute approximate surface area is 146 Å². The lowest BCUT2D eigenvalue weighted by atomic mass is 9.99. The van der Waals surface area contributed by atoms with Gasteiger partial charge in [0.15, 0.2) is 5.96 Å². The van der Waals surface area contributed by atoms with Crippen LogP contribution in [0.5, 0.6) is 0 Å². The van der Waals surface area contributed by atoms with E-state index in [0.717, 1.165) is 37.8 Å². The summed E-state index contributed by atoms with van der Waals surface area (Å²) in [7, 11) is 3.79. The predicted octanol–water partition coefficient (Wildman–Crippen LogP) is 1.64. The van der Waals surface area contributed by atoms with E-state index in [0.29, 0.717) is 0 Å². The molecule has 1 aliphatic heterocycles. The number of piperidine rings is 1. The quantitative estimate of drug-likeness (QED) is 0.431. The van der Waals surface area contributed by atoms with E-state index < -0.39 is 0 Å². The molecule has 0 saturated carbocycles. The molecule has 1 aromatic heterocycles. The van der Waals surface area contributed by atoms with Gasteiger partial charge in [-0.3, -0.25) is 9.67 Å². The average molecular weight is 335 g/mol. The molecule has 1 aromatic rings. The monoisotopic (exact) mass is 334 g/mol. The van der Waals surface area contributed by atoms with Gasteiger partial charge in [-0.2, -0.15) is 5.10 Å². The number of guanidine groups is 1. The van der Waals surface area contributed by atoms with Crippen LogP contribution < -0.4 is 10.6 Å². The molecule has 1 saturated heterocycles. The van der Waals surface area contributed by atoms with E-state index in [-0.39, 0.29) is 0 Å². The lowest BCUT2D eigenvalue weighted by Gasteiger charge is -2.30. The Morgan fingerprint density at radius 2 is 1.96 bits per heavy atom. The van der Waals surface area contributed by atoms with E-state index in [2.05, 4.69) is 38.7 Å². The molecule has 0 atom stereocenters. The van der Waals surface area contributed by atoms with Crippen molar-refractivity contribution in [3.8, 4) is 0 Å². The molecular formula is C18H34N6. The Hall–Kier alpha value is -1.56. The zero-order valence-corrected chi connectivity index (χ0v) is 15.6. The standard InChI is InChI=1S/C18H34N6/c1-16-7-12-24(13-8-16)11-5-10-21-18(19-2)20-9-4-6-17-14-22-23(3)15-17/h14-16H,4-13H2,1-3H3,(H2,19,20,21). The van der Waals surface area contributed by atoms with E-state index in [1.54, 1.807) is 0 Å². The van der Waals surface area contributed by atoms with Gasteiger partial charge in [-0.1, -0.05) is 6.92 Å². The molecule has 0 radical (unpaired) electrons. The van der Waals surface area contributed by atoms with Gasteiger partial charge in [-0.15, -0.1) is 0 Å². The molecule has 2 N–H and O–H groups in total. The number of nitrogens with one attached hydrogen (secondary N) is 2. The third-order valence-corrected chi connectivity index (χ3v) is 4.74. The normalized spacial score (nSPS) is 17.2. The Kier molecular flexibility index (Phi) is 8.08. The summed E-state index contributed by atoms with van der Waals surface area (Å²) in [4.78, 5) is 6.88. The van der Waals surface area contributed by atoms with Gasteiger partial charge in [0, 0.05) is 33.4 Å². The molecule has 0 unspecified atom stereocenters. The van der Waals surface area contributed by atoms with E-state index in [4.69, 9.17) is 0 Å². The van der Waals surface area contributed by atoms with Crippen molar-refractivity contribution in [1.29, 1.82) is 0 Å². The van der Waals surface area contributed by atoms with Gasteiger partial charge in [0.2, 0.25) is 0 Å². The van der Waals surface area contributed by atoms with Gasteiger partial charge in [0.25, 0.3) is 0 Å². The second kappa shape index (κ2) is 10.3. The second-order valence-electron chi connectivity index (χ2n) is 6.93. The van der Waals surface area contributed by atoms with Crippen LogP contribution in [0.3, 0.4) is 0 Å². The minimum Gasteiger partial charge on any atom is -0.356 e. The smallest absolute Gasteiger partial charge is 0.190 e. The summed E-state index contributed by atoms with van der Waals surface area (Å²) in [6.07, 6.45) is 10.0. The fraction of sp³-hybridized carbons (Fsp3) is 0.778. The molecule has 0 aromatic carbocycles. The molecule has 0 amide bonds. The van der Waals surface area contributed by atoms with Crippen molar-refractivity contribution < 1.29 is 0 Å². The third-order valence-electron chi connectivity index (χ3n) is 4.74. The topological polar surface area (TPSA) is 57.5 Å². The first-order chi connectivity index (χ1) is 11.7. The summed E-state index contributed by atoms with van der Waals surface area (Å²) >= 11 is 0. The molecule has 6 heteroatoms. The Bertz CT molecular complexity index is 487. The molecule has 0 bridgehead atoms. The largest absolute Gasteiger partial charge is 0.356 e. The van der Waals surface area contributed by atoms with Crippen LogP contribution in [-0.2, 0) is 13.5 Å². The van der Waals surface area contributed by atoms with Crippen LogP contribution in [0.15, 0.2) is 17.4 Å². The van der Waals surface area contributed by atoms with Crippen LogP contribution in [0.25, 0.3) is 0 Å². The molecule has 2 heterocycles. The zero-order chi connectivity index (χ0) is 17.2. The highest BCUT2D eigenvalue weighted by Crippen LogP contribution is 2.15. The highest BCUT2D eigenvalue weighted by Gasteiger charge is 2.14. The summed E-state index contributed by atoms with van der Waals surface area (Å²) in [5.74, 6) is 1.82. The number of likely N-dealkylation sites (tertiary alicyclic amines) is 1. The number of rotatable bonds is 8. The van der Waals surface area contributed by atoms with Gasteiger partial charge in [-0.25, -0.2) is 0 Å². The lowest BCUT2D eigenvalue weighted by Crippen LogP contribution is -2.40. The number of hydrogen-bond acceptors (Lipinski definition) is 3. The van der Waals surface area contributed by atoms with E-state index in [1.165, 1.54) is 44.5 Å². The van der Waals surface area contributed by atoms with E-state index in [9.17, 15) is 0 Å². The fourth-order valence-electron chi connectivity index (χ4n) is 3.12. The van der Waals surface area contributed by atoms with Crippen LogP contribution in [0, 0.1) is 5.92 Å². The predicted molar refractivity (Wildman–Crippen MR) is 100 cm³/mol. The van der Waals surface area contributed by atoms with Crippen LogP contribution >= 0.6 is 0 Å². The maximum Gasteiger partial charge on any atom is 0.190 e. The molecule has 1 fully saturated rings. The summed E-state index contributed by atoms with van der Waals surface area (Å²) in [5, 5.41) is 11.0. The molecular weight excluding hydrogens is 300 g/mol. The number of aliphatic imine (C=N–C) groups is 1. The molecule has 2 rings (SSSR count). The van der Waals surface area contributed by atoms with Crippen molar-refractivity contribution in [2.75, 3.05) is 39.8 Å². The number of hydrogen-bond donors (Lipinski definition) is 2. The molecule has 0 aliphatic carbocycles. The molecule has 1 aliphatic rings. The van der Waals surface area contributed by atoms with Crippen molar-refractivity contribution in [3.63, 3.8) is 0 Å². The average Bonchev–Trinajstić information content (AvgIpc) is 3.00. The third kappa shape index (κ3) is 6.91. The number of aryl methyl sites for hydroxylation is 2. The van der Waals surface area contributed by atoms with Crippen molar-refractivity contribution in [2.24, 2.45) is 18.0 Å². The second-order valence-corrected chi connectivity index (χ2v) is 6.93. The summed E-state index contributed by atoms with van der Waals surface area (Å²) in [5.41, 5.74) is 1.29. The van der Waals surface area contributed by atoms with Crippen molar-refractivity contribution in [1.82, 2.24) is 25.3 Å². The summed E-state index contributed by atoms with van der Waals surface area (Å²) in [6, 6.07) is 0. The molecule has 0 spiro atoms. The van der Waals surface area contributed by atoms with Crippen molar-refractivity contribution in [3.05, 3.63) is 18.0 Å². The minimum atomic E-state index is 0.911. The Morgan fingerprint density at radius 1 is 1.25 bits per heavy atom. The minimum absolute atomic E-state index is 0.911. The summed E-state index contributed by atoms with van der Waals surface area (Å²) in [6.45, 7) is 8.00. The van der Waals surface area contributed by atoms with Crippen molar-refractivity contribution in [2.45, 2.75) is 39.0 Å². The van der Waals surface area contributed by atoms with Gasteiger partial charge in [0.05, 0.1) is 6.20 Å². The van der Waals surface area contributed by atoms with Gasteiger partial charge >= 0.3 is 0 Å². The van der Waals surface area contributed by atoms with Crippen LogP contribution in [-0.4, -0.2) is 60.4 Å². The summed E-state index contributed by atoms with van der Waals surface area (Å²) < 4.78 is 1.85. The zero-order valence-electron chi connectivity index (χ0n) is 15.6. The van der Waals surface area contributed by atoms with Gasteiger partial charge < -0.3 is 15.5 Å². The van der Waals surface area contributed by atoms with E-state index in [1.807, 2.05) is 25.0 Å². The Morgan fingerprint density at radius 3 is 2.58 bits per heavy atom. The fourth-order valence-corrected chi connectivity index (χ4v) is 3.12. The highest BCUT2D eigenvalue weighted by molar-refractivity contribution is 5.79. The van der Waals surface area contributed by atoms with Crippen LogP contribution in [0.4, 0.5) is 0 Å². The molecule has 24 heavy (non-hydrogen) atoms. The highest BCUT2D eigenvalue weighted by atomic mass is 15.2.